The van der Waals surface area contributed by atoms with Crippen LogP contribution in [0.5, 0.6) is 0 Å². The van der Waals surface area contributed by atoms with Crippen LogP contribution >= 0.6 is 0 Å². The van der Waals surface area contributed by atoms with Gasteiger partial charge in [-0.1, -0.05) is 13.5 Å². The highest BCUT2D eigenvalue weighted by atomic mass is 16.4. The number of carboxylic acid groups (broad SMARTS) is 1. The van der Waals surface area contributed by atoms with E-state index in [9.17, 15) is 4.79 Å². The summed E-state index contributed by atoms with van der Waals surface area (Å²) < 4.78 is 0. The molecule has 2 unspecified atom stereocenters. The quantitative estimate of drug-likeness (QED) is 0.431. The molecule has 0 aromatic rings. The van der Waals surface area contributed by atoms with E-state index in [0.717, 1.165) is 6.42 Å². The van der Waals surface area contributed by atoms with E-state index in [1.54, 1.807) is 6.92 Å². The standard InChI is InChI=1S/C9H18N2O3/c1-6(8(12)9(13)14)4-3-5-11-7(2)10/h6,8,11-12H,2-5,10H2,1H3,(H,13,14). The third-order valence-corrected chi connectivity index (χ3v) is 1.98. The second-order valence-electron chi connectivity index (χ2n) is 3.35. The lowest BCUT2D eigenvalue weighted by Crippen LogP contribution is -2.28. The van der Waals surface area contributed by atoms with Crippen molar-refractivity contribution in [2.24, 2.45) is 11.7 Å². The molecule has 5 nitrogen and oxygen atoms in total. The van der Waals surface area contributed by atoms with E-state index in [4.69, 9.17) is 15.9 Å². The summed E-state index contributed by atoms with van der Waals surface area (Å²) in [5.41, 5.74) is 5.27. The molecule has 0 saturated carbocycles. The highest BCUT2D eigenvalue weighted by Gasteiger charge is 2.20. The van der Waals surface area contributed by atoms with Gasteiger partial charge in [-0.25, -0.2) is 4.79 Å². The number of carbonyl (C=O) groups is 1. The van der Waals surface area contributed by atoms with E-state index in [1.165, 1.54) is 0 Å². The van der Waals surface area contributed by atoms with E-state index in [1.807, 2.05) is 0 Å². The summed E-state index contributed by atoms with van der Waals surface area (Å²) in [7, 11) is 0. The van der Waals surface area contributed by atoms with Crippen LogP contribution in [0.4, 0.5) is 0 Å². The first-order chi connectivity index (χ1) is 6.45. The first kappa shape index (κ1) is 12.8. The van der Waals surface area contributed by atoms with Gasteiger partial charge in [-0.05, 0) is 18.8 Å². The summed E-state index contributed by atoms with van der Waals surface area (Å²) >= 11 is 0. The van der Waals surface area contributed by atoms with Crippen LogP contribution in [0.2, 0.25) is 0 Å². The van der Waals surface area contributed by atoms with Gasteiger partial charge in [0.05, 0.1) is 5.82 Å². The van der Waals surface area contributed by atoms with Crippen molar-refractivity contribution in [3.05, 3.63) is 12.4 Å². The molecule has 2 atom stereocenters. The average molecular weight is 202 g/mol. The van der Waals surface area contributed by atoms with Crippen LogP contribution in [-0.4, -0.2) is 28.8 Å². The lowest BCUT2D eigenvalue weighted by molar-refractivity contribution is -0.149. The number of nitrogens with one attached hydrogen (secondary N) is 1. The molecule has 0 heterocycles. The van der Waals surface area contributed by atoms with Crippen molar-refractivity contribution in [2.45, 2.75) is 25.9 Å². The molecule has 0 rings (SSSR count). The Kier molecular flexibility index (Phi) is 5.71. The number of rotatable bonds is 7. The minimum absolute atomic E-state index is 0.250. The van der Waals surface area contributed by atoms with Crippen LogP contribution in [0.1, 0.15) is 19.8 Å². The molecule has 5 heteroatoms. The average Bonchev–Trinajstić information content (AvgIpc) is 2.10. The summed E-state index contributed by atoms with van der Waals surface area (Å²) in [4.78, 5) is 10.4. The molecule has 0 saturated heterocycles. The van der Waals surface area contributed by atoms with Gasteiger partial charge in [0.15, 0.2) is 6.10 Å². The van der Waals surface area contributed by atoms with E-state index >= 15 is 0 Å². The van der Waals surface area contributed by atoms with Crippen molar-refractivity contribution in [3.63, 3.8) is 0 Å². The van der Waals surface area contributed by atoms with E-state index in [0.29, 0.717) is 18.8 Å². The predicted molar refractivity (Wildman–Crippen MR) is 53.4 cm³/mol. The summed E-state index contributed by atoms with van der Waals surface area (Å²) in [5, 5.41) is 20.5. The van der Waals surface area contributed by atoms with Crippen LogP contribution in [0.25, 0.3) is 0 Å². The van der Waals surface area contributed by atoms with E-state index in [2.05, 4.69) is 11.9 Å². The lowest BCUT2D eigenvalue weighted by atomic mass is 9.99. The van der Waals surface area contributed by atoms with Crippen molar-refractivity contribution in [3.8, 4) is 0 Å². The van der Waals surface area contributed by atoms with Gasteiger partial charge in [0, 0.05) is 6.54 Å². The Morgan fingerprint density at radius 2 is 2.21 bits per heavy atom. The van der Waals surface area contributed by atoms with Crippen molar-refractivity contribution in [1.29, 1.82) is 0 Å². The Morgan fingerprint density at radius 1 is 1.64 bits per heavy atom. The molecule has 0 aliphatic carbocycles. The molecule has 5 N–H and O–H groups in total. The molecule has 0 fully saturated rings. The second kappa shape index (κ2) is 6.26. The number of hydrogen-bond donors (Lipinski definition) is 4. The highest BCUT2D eigenvalue weighted by Crippen LogP contribution is 2.10. The number of aliphatic hydroxyl groups is 1. The molecule has 82 valence electrons. The number of hydrogen-bond acceptors (Lipinski definition) is 4. The maximum Gasteiger partial charge on any atom is 0.332 e. The first-order valence-electron chi connectivity index (χ1n) is 4.54. The number of nitrogens with two attached hydrogens (primary N) is 1. The summed E-state index contributed by atoms with van der Waals surface area (Å²) in [6.07, 6.45) is 0.103. The van der Waals surface area contributed by atoms with Gasteiger partial charge in [-0.15, -0.1) is 0 Å². The van der Waals surface area contributed by atoms with Crippen LogP contribution in [0, 0.1) is 5.92 Å². The van der Waals surface area contributed by atoms with Crippen LogP contribution in [-0.2, 0) is 4.79 Å². The Hall–Kier alpha value is -1.23. The van der Waals surface area contributed by atoms with Crippen molar-refractivity contribution < 1.29 is 15.0 Å². The molecular weight excluding hydrogens is 184 g/mol. The monoisotopic (exact) mass is 202 g/mol. The third kappa shape index (κ3) is 5.42. The van der Waals surface area contributed by atoms with Gasteiger partial charge in [0.1, 0.15) is 0 Å². The fourth-order valence-corrected chi connectivity index (χ4v) is 1.07. The number of aliphatic carboxylic acids is 1. The predicted octanol–water partition coefficient (Wildman–Crippen LogP) is -0.132. The summed E-state index contributed by atoms with van der Waals surface area (Å²) in [5.74, 6) is -1.02. The largest absolute Gasteiger partial charge is 0.479 e. The maximum absolute atomic E-state index is 10.4. The number of aliphatic hydroxyl groups excluding tert-OH is 1. The van der Waals surface area contributed by atoms with Gasteiger partial charge in [0.25, 0.3) is 0 Å². The normalized spacial score (nSPS) is 14.4. The van der Waals surface area contributed by atoms with Crippen LogP contribution < -0.4 is 11.1 Å². The van der Waals surface area contributed by atoms with Crippen molar-refractivity contribution in [2.75, 3.05) is 6.54 Å². The topological polar surface area (TPSA) is 95.6 Å². The van der Waals surface area contributed by atoms with Gasteiger partial charge in [-0.3, -0.25) is 0 Å². The SMILES string of the molecule is C=C(N)NCCCC(C)C(O)C(=O)O. The fraction of sp³-hybridized carbons (Fsp3) is 0.667. The summed E-state index contributed by atoms with van der Waals surface area (Å²) in [6.45, 7) is 5.81. The molecular formula is C9H18N2O3. The van der Waals surface area contributed by atoms with Gasteiger partial charge in [0.2, 0.25) is 0 Å². The Labute approximate surface area is 83.6 Å². The molecule has 0 spiro atoms. The van der Waals surface area contributed by atoms with E-state index in [-0.39, 0.29) is 5.92 Å². The van der Waals surface area contributed by atoms with Crippen LogP contribution in [0.3, 0.4) is 0 Å². The molecule has 14 heavy (non-hydrogen) atoms. The van der Waals surface area contributed by atoms with Crippen LogP contribution in [0.15, 0.2) is 12.4 Å². The zero-order valence-corrected chi connectivity index (χ0v) is 8.36. The Balaban J connectivity index is 3.58. The Morgan fingerprint density at radius 3 is 2.64 bits per heavy atom. The first-order valence-corrected chi connectivity index (χ1v) is 4.54. The molecule has 0 aliphatic heterocycles. The minimum Gasteiger partial charge on any atom is -0.479 e. The molecule has 0 radical (unpaired) electrons. The molecule has 0 aromatic carbocycles. The van der Waals surface area contributed by atoms with Gasteiger partial charge >= 0.3 is 5.97 Å². The van der Waals surface area contributed by atoms with E-state index < -0.39 is 12.1 Å². The lowest BCUT2D eigenvalue weighted by Gasteiger charge is -2.14. The minimum atomic E-state index is -1.28. The van der Waals surface area contributed by atoms with Gasteiger partial charge < -0.3 is 21.3 Å². The summed E-state index contributed by atoms with van der Waals surface area (Å²) in [6, 6.07) is 0. The molecule has 0 amide bonds. The zero-order chi connectivity index (χ0) is 11.1. The second-order valence-corrected chi connectivity index (χ2v) is 3.35. The molecule has 0 aliphatic rings. The smallest absolute Gasteiger partial charge is 0.332 e. The van der Waals surface area contributed by atoms with Crippen molar-refractivity contribution in [1.82, 2.24) is 5.32 Å². The fourth-order valence-electron chi connectivity index (χ4n) is 1.07. The van der Waals surface area contributed by atoms with Crippen molar-refractivity contribution >= 4 is 5.97 Å². The Bertz CT molecular complexity index is 206. The maximum atomic E-state index is 10.4. The van der Waals surface area contributed by atoms with Gasteiger partial charge in [-0.2, -0.15) is 0 Å². The molecule has 0 aromatic heterocycles. The molecule has 0 bridgehead atoms. The number of carboxylic acids is 1. The third-order valence-electron chi connectivity index (χ3n) is 1.98. The zero-order valence-electron chi connectivity index (χ0n) is 8.36. The highest BCUT2D eigenvalue weighted by molar-refractivity contribution is 5.72.